The summed E-state index contributed by atoms with van der Waals surface area (Å²) >= 11 is 0. The number of carboxylic acid groups (broad SMARTS) is 1. The van der Waals surface area contributed by atoms with Gasteiger partial charge in [0.25, 0.3) is 5.91 Å². The number of aliphatic carboxylic acids is 1. The van der Waals surface area contributed by atoms with E-state index in [2.05, 4.69) is 0 Å². The molecule has 0 bridgehead atoms. The van der Waals surface area contributed by atoms with Crippen LogP contribution in [0.5, 0.6) is 0 Å². The number of hydrogen-bond acceptors (Lipinski definition) is 3. The fourth-order valence-corrected chi connectivity index (χ4v) is 2.50. The number of benzene rings is 1. The van der Waals surface area contributed by atoms with Gasteiger partial charge >= 0.3 is 5.97 Å². The van der Waals surface area contributed by atoms with Crippen molar-refractivity contribution in [3.05, 3.63) is 29.6 Å². The van der Waals surface area contributed by atoms with Gasteiger partial charge in [-0.25, -0.2) is 9.18 Å². The molecule has 0 saturated carbocycles. The van der Waals surface area contributed by atoms with E-state index in [1.165, 1.54) is 23.1 Å². The smallest absolute Gasteiger partial charge is 0.326 e. The second-order valence-electron chi connectivity index (χ2n) is 5.18. The lowest BCUT2D eigenvalue weighted by atomic mass is 9.91. The highest BCUT2D eigenvalue weighted by Crippen LogP contribution is 2.26. The Bertz CT molecular complexity index is 547. The number of halogens is 1. The lowest BCUT2D eigenvalue weighted by molar-refractivity contribution is -0.144. The molecule has 0 spiro atoms. The molecule has 5 nitrogen and oxygen atoms in total. The molecule has 6 heteroatoms. The number of para-hydroxylation sites is 1. The average Bonchev–Trinajstić information content (AvgIpc) is 2.41. The van der Waals surface area contributed by atoms with Gasteiger partial charge in [0.2, 0.25) is 0 Å². The molecule has 2 rings (SSSR count). The Morgan fingerprint density at radius 1 is 1.45 bits per heavy atom. The van der Waals surface area contributed by atoms with Crippen LogP contribution in [0.25, 0.3) is 0 Å². The number of nitrogens with zero attached hydrogens (tertiary/aromatic N) is 1. The summed E-state index contributed by atoms with van der Waals surface area (Å²) in [6, 6.07) is 3.09. The fourth-order valence-electron chi connectivity index (χ4n) is 2.50. The van der Waals surface area contributed by atoms with E-state index >= 15 is 0 Å². The lowest BCUT2D eigenvalue weighted by Gasteiger charge is -2.36. The molecule has 1 aliphatic heterocycles. The van der Waals surface area contributed by atoms with Crippen molar-refractivity contribution in [3.8, 4) is 0 Å². The SMILES string of the molecule is CC1CCN(C(=O)c2cccc(F)c2N)C(C(=O)O)C1. The molecule has 1 amide bonds. The van der Waals surface area contributed by atoms with Crippen molar-refractivity contribution in [1.82, 2.24) is 4.90 Å². The number of likely N-dealkylation sites (tertiary alicyclic amines) is 1. The van der Waals surface area contributed by atoms with E-state index < -0.39 is 23.7 Å². The summed E-state index contributed by atoms with van der Waals surface area (Å²) in [4.78, 5) is 25.0. The number of nitrogen functional groups attached to an aromatic ring is 1. The Morgan fingerprint density at radius 2 is 2.15 bits per heavy atom. The van der Waals surface area contributed by atoms with E-state index in [0.717, 1.165) is 6.42 Å². The van der Waals surface area contributed by atoms with E-state index in [1.807, 2.05) is 6.92 Å². The molecule has 3 N–H and O–H groups in total. The van der Waals surface area contributed by atoms with Gasteiger partial charge in [0.05, 0.1) is 11.3 Å². The van der Waals surface area contributed by atoms with Crippen LogP contribution < -0.4 is 5.73 Å². The molecule has 1 fully saturated rings. The maximum Gasteiger partial charge on any atom is 0.326 e. The number of anilines is 1. The standard InChI is InChI=1S/C14H17FN2O3/c1-8-5-6-17(11(7-8)14(19)20)13(18)9-3-2-4-10(15)12(9)16/h2-4,8,11H,5-7,16H2,1H3,(H,19,20). The van der Waals surface area contributed by atoms with Crippen molar-refractivity contribution in [2.24, 2.45) is 5.92 Å². The summed E-state index contributed by atoms with van der Waals surface area (Å²) in [7, 11) is 0. The van der Waals surface area contributed by atoms with Crippen molar-refractivity contribution < 1.29 is 19.1 Å². The van der Waals surface area contributed by atoms with Gasteiger partial charge in [-0.2, -0.15) is 0 Å². The molecule has 2 unspecified atom stereocenters. The molecule has 1 heterocycles. The first-order valence-electron chi connectivity index (χ1n) is 6.49. The Kier molecular flexibility index (Phi) is 3.92. The van der Waals surface area contributed by atoms with Crippen LogP contribution in [-0.4, -0.2) is 34.5 Å². The van der Waals surface area contributed by atoms with Crippen LogP contribution in [0.1, 0.15) is 30.1 Å². The van der Waals surface area contributed by atoms with Gasteiger partial charge in [-0.15, -0.1) is 0 Å². The van der Waals surface area contributed by atoms with E-state index in [1.54, 1.807) is 0 Å². The van der Waals surface area contributed by atoms with E-state index in [9.17, 15) is 19.1 Å². The molecule has 1 aromatic carbocycles. The Hall–Kier alpha value is -2.11. The normalized spacial score (nSPS) is 22.6. The molecule has 0 aromatic heterocycles. The zero-order valence-corrected chi connectivity index (χ0v) is 11.2. The maximum atomic E-state index is 13.4. The topological polar surface area (TPSA) is 83.6 Å². The third kappa shape index (κ3) is 2.59. The predicted octanol–water partition coefficient (Wildman–Crippen LogP) is 1.73. The van der Waals surface area contributed by atoms with Gasteiger partial charge in [0.1, 0.15) is 11.9 Å². The number of carbonyl (C=O) groups is 2. The van der Waals surface area contributed by atoms with Gasteiger partial charge in [-0.1, -0.05) is 13.0 Å². The molecule has 0 aliphatic carbocycles. The first-order valence-corrected chi connectivity index (χ1v) is 6.49. The highest BCUT2D eigenvalue weighted by Gasteiger charge is 2.35. The summed E-state index contributed by atoms with van der Waals surface area (Å²) in [6.07, 6.45) is 1.13. The molecule has 108 valence electrons. The van der Waals surface area contributed by atoms with Crippen LogP contribution in [0, 0.1) is 11.7 Å². The average molecular weight is 280 g/mol. The minimum Gasteiger partial charge on any atom is -0.480 e. The van der Waals surface area contributed by atoms with Crippen LogP contribution in [-0.2, 0) is 4.79 Å². The number of piperidine rings is 1. The van der Waals surface area contributed by atoms with Crippen molar-refractivity contribution in [1.29, 1.82) is 0 Å². The zero-order chi connectivity index (χ0) is 14.9. The minimum absolute atomic E-state index is 0.0193. The van der Waals surface area contributed by atoms with Gasteiger partial charge in [-0.3, -0.25) is 4.79 Å². The summed E-state index contributed by atoms with van der Waals surface area (Å²) < 4.78 is 13.4. The number of rotatable bonds is 2. The quantitative estimate of drug-likeness (QED) is 0.808. The number of hydrogen-bond donors (Lipinski definition) is 2. The monoisotopic (exact) mass is 280 g/mol. The predicted molar refractivity (Wildman–Crippen MR) is 71.7 cm³/mol. The summed E-state index contributed by atoms with van der Waals surface area (Å²) in [6.45, 7) is 2.29. The van der Waals surface area contributed by atoms with Crippen LogP contribution >= 0.6 is 0 Å². The third-order valence-corrected chi connectivity index (χ3v) is 3.69. The van der Waals surface area contributed by atoms with E-state index in [-0.39, 0.29) is 17.2 Å². The van der Waals surface area contributed by atoms with E-state index in [0.29, 0.717) is 13.0 Å². The summed E-state index contributed by atoms with van der Waals surface area (Å²) in [5.41, 5.74) is 5.35. The molecule has 1 aliphatic rings. The van der Waals surface area contributed by atoms with Gasteiger partial charge in [0.15, 0.2) is 0 Å². The highest BCUT2D eigenvalue weighted by molar-refractivity contribution is 6.01. The number of carboxylic acids is 1. The van der Waals surface area contributed by atoms with Gasteiger partial charge in [-0.05, 0) is 30.9 Å². The van der Waals surface area contributed by atoms with Gasteiger partial charge < -0.3 is 15.7 Å². The highest BCUT2D eigenvalue weighted by atomic mass is 19.1. The Labute approximate surface area is 116 Å². The number of carbonyl (C=O) groups excluding carboxylic acids is 1. The summed E-state index contributed by atoms with van der Waals surface area (Å²) in [5.74, 6) is -2.00. The van der Waals surface area contributed by atoms with Crippen LogP contribution in [0.15, 0.2) is 18.2 Å². The zero-order valence-electron chi connectivity index (χ0n) is 11.2. The first kappa shape index (κ1) is 14.3. The number of amides is 1. The van der Waals surface area contributed by atoms with Crippen molar-refractivity contribution >= 4 is 17.6 Å². The second kappa shape index (κ2) is 5.48. The molecule has 0 radical (unpaired) electrons. The molecule has 2 atom stereocenters. The van der Waals surface area contributed by atoms with Crippen molar-refractivity contribution in [3.63, 3.8) is 0 Å². The number of nitrogens with two attached hydrogens (primary N) is 1. The summed E-state index contributed by atoms with van der Waals surface area (Å²) in [5, 5.41) is 9.25. The lowest BCUT2D eigenvalue weighted by Crippen LogP contribution is -2.49. The largest absolute Gasteiger partial charge is 0.480 e. The van der Waals surface area contributed by atoms with Crippen LogP contribution in [0.3, 0.4) is 0 Å². The molecular formula is C14H17FN2O3. The third-order valence-electron chi connectivity index (χ3n) is 3.69. The van der Waals surface area contributed by atoms with Gasteiger partial charge in [0, 0.05) is 6.54 Å². The van der Waals surface area contributed by atoms with Crippen LogP contribution in [0.4, 0.5) is 10.1 Å². The maximum absolute atomic E-state index is 13.4. The Balaban J connectivity index is 2.31. The Morgan fingerprint density at radius 3 is 2.80 bits per heavy atom. The van der Waals surface area contributed by atoms with Crippen molar-refractivity contribution in [2.75, 3.05) is 12.3 Å². The van der Waals surface area contributed by atoms with E-state index in [4.69, 9.17) is 5.73 Å². The van der Waals surface area contributed by atoms with Crippen LogP contribution in [0.2, 0.25) is 0 Å². The molecule has 1 saturated heterocycles. The molecule has 20 heavy (non-hydrogen) atoms. The minimum atomic E-state index is -1.04. The molecule has 1 aromatic rings. The van der Waals surface area contributed by atoms with Crippen molar-refractivity contribution in [2.45, 2.75) is 25.8 Å². The first-order chi connectivity index (χ1) is 9.41. The molecular weight excluding hydrogens is 263 g/mol. The second-order valence-corrected chi connectivity index (χ2v) is 5.18. The fraction of sp³-hybridized carbons (Fsp3) is 0.429.